The summed E-state index contributed by atoms with van der Waals surface area (Å²) in [5, 5.41) is 19.0. The quantitative estimate of drug-likeness (QED) is 0.773. The molecule has 23 heavy (non-hydrogen) atoms. The summed E-state index contributed by atoms with van der Waals surface area (Å²) in [6.07, 6.45) is 4.70. The second-order valence-electron chi connectivity index (χ2n) is 7.05. The highest BCUT2D eigenvalue weighted by atomic mass is 16.4. The second kappa shape index (κ2) is 6.11. The summed E-state index contributed by atoms with van der Waals surface area (Å²) in [5.41, 5.74) is -1.72. The standard InChI is InChI=1S/C16H24N2O5/c19-13-9-11(10-18(13)12-3-1-2-4-12)14(20)17-7-5-16(23,6-8-17)15(21)22/h11-12,23H,1-10H2,(H,21,22). The Balaban J connectivity index is 1.57. The van der Waals surface area contributed by atoms with Gasteiger partial charge in [0.1, 0.15) is 0 Å². The number of carboxylic acid groups (broad SMARTS) is 1. The molecule has 0 aromatic carbocycles. The first-order valence-corrected chi connectivity index (χ1v) is 8.45. The van der Waals surface area contributed by atoms with Crippen LogP contribution >= 0.6 is 0 Å². The van der Waals surface area contributed by atoms with E-state index in [2.05, 4.69) is 0 Å². The van der Waals surface area contributed by atoms with E-state index in [9.17, 15) is 19.5 Å². The maximum atomic E-state index is 12.6. The molecule has 0 aromatic rings. The van der Waals surface area contributed by atoms with Crippen LogP contribution in [0.3, 0.4) is 0 Å². The average molecular weight is 324 g/mol. The largest absolute Gasteiger partial charge is 0.479 e. The number of carboxylic acids is 1. The lowest BCUT2D eigenvalue weighted by Gasteiger charge is -2.36. The lowest BCUT2D eigenvalue weighted by molar-refractivity contribution is -0.165. The van der Waals surface area contributed by atoms with E-state index in [0.29, 0.717) is 12.6 Å². The molecule has 128 valence electrons. The summed E-state index contributed by atoms with van der Waals surface area (Å²) in [6, 6.07) is 0.291. The number of nitrogens with zero attached hydrogens (tertiary/aromatic N) is 2. The Hall–Kier alpha value is -1.63. The van der Waals surface area contributed by atoms with Crippen LogP contribution < -0.4 is 0 Å². The lowest BCUT2D eigenvalue weighted by atomic mass is 9.91. The molecule has 2 heterocycles. The monoisotopic (exact) mass is 324 g/mol. The number of aliphatic carboxylic acids is 1. The van der Waals surface area contributed by atoms with Gasteiger partial charge in [0.05, 0.1) is 5.92 Å². The van der Waals surface area contributed by atoms with Crippen molar-refractivity contribution in [3.05, 3.63) is 0 Å². The van der Waals surface area contributed by atoms with E-state index in [1.54, 1.807) is 4.90 Å². The third-order valence-corrected chi connectivity index (χ3v) is 5.57. The number of piperidine rings is 1. The molecule has 0 radical (unpaired) electrons. The Labute approximate surface area is 135 Å². The molecule has 1 atom stereocenters. The highest BCUT2D eigenvalue weighted by Crippen LogP contribution is 2.31. The molecule has 1 saturated carbocycles. The van der Waals surface area contributed by atoms with Crippen LogP contribution in [0, 0.1) is 5.92 Å². The van der Waals surface area contributed by atoms with Gasteiger partial charge >= 0.3 is 5.97 Å². The van der Waals surface area contributed by atoms with Crippen molar-refractivity contribution in [2.45, 2.75) is 56.6 Å². The maximum absolute atomic E-state index is 12.6. The Morgan fingerprint density at radius 3 is 2.30 bits per heavy atom. The fraction of sp³-hybridized carbons (Fsp3) is 0.812. The molecule has 3 rings (SSSR count). The third-order valence-electron chi connectivity index (χ3n) is 5.57. The zero-order valence-electron chi connectivity index (χ0n) is 13.2. The van der Waals surface area contributed by atoms with Gasteiger partial charge in [-0.25, -0.2) is 4.79 Å². The fourth-order valence-corrected chi connectivity index (χ4v) is 4.03. The van der Waals surface area contributed by atoms with Crippen molar-refractivity contribution < 1.29 is 24.6 Å². The number of hydrogen-bond donors (Lipinski definition) is 2. The van der Waals surface area contributed by atoms with E-state index in [4.69, 9.17) is 5.11 Å². The van der Waals surface area contributed by atoms with Crippen molar-refractivity contribution in [1.82, 2.24) is 9.80 Å². The number of carbonyl (C=O) groups excluding carboxylic acids is 2. The molecular weight excluding hydrogens is 300 g/mol. The normalized spacial score (nSPS) is 28.4. The molecule has 3 aliphatic rings. The van der Waals surface area contributed by atoms with Crippen LogP contribution in [0.25, 0.3) is 0 Å². The van der Waals surface area contributed by atoms with Crippen LogP contribution in [0.2, 0.25) is 0 Å². The molecule has 1 unspecified atom stereocenters. The van der Waals surface area contributed by atoms with Crippen LogP contribution in [-0.2, 0) is 14.4 Å². The van der Waals surface area contributed by atoms with Gasteiger partial charge in [-0.1, -0.05) is 12.8 Å². The number of aliphatic hydroxyl groups is 1. The molecule has 2 aliphatic heterocycles. The number of hydrogen-bond acceptors (Lipinski definition) is 4. The second-order valence-corrected chi connectivity index (χ2v) is 7.05. The number of rotatable bonds is 3. The average Bonchev–Trinajstić information content (AvgIpc) is 3.16. The number of amides is 2. The molecule has 2 saturated heterocycles. The molecule has 0 spiro atoms. The Morgan fingerprint density at radius 1 is 1.13 bits per heavy atom. The predicted molar refractivity (Wildman–Crippen MR) is 80.5 cm³/mol. The van der Waals surface area contributed by atoms with Gasteiger partial charge in [0.2, 0.25) is 11.8 Å². The summed E-state index contributed by atoms with van der Waals surface area (Å²) < 4.78 is 0. The van der Waals surface area contributed by atoms with Crippen LogP contribution in [0.15, 0.2) is 0 Å². The Morgan fingerprint density at radius 2 is 1.74 bits per heavy atom. The minimum Gasteiger partial charge on any atom is -0.479 e. The highest BCUT2D eigenvalue weighted by molar-refractivity contribution is 5.89. The summed E-state index contributed by atoms with van der Waals surface area (Å²) in [4.78, 5) is 39.3. The van der Waals surface area contributed by atoms with Crippen molar-refractivity contribution >= 4 is 17.8 Å². The maximum Gasteiger partial charge on any atom is 0.335 e. The topological polar surface area (TPSA) is 98.2 Å². The third kappa shape index (κ3) is 3.06. The van der Waals surface area contributed by atoms with Gasteiger partial charge in [0, 0.05) is 44.9 Å². The molecule has 3 fully saturated rings. The smallest absolute Gasteiger partial charge is 0.335 e. The van der Waals surface area contributed by atoms with Gasteiger partial charge < -0.3 is 20.0 Å². The lowest BCUT2D eigenvalue weighted by Crippen LogP contribution is -2.52. The molecule has 7 heteroatoms. The summed E-state index contributed by atoms with van der Waals surface area (Å²) in [5.74, 6) is -1.56. The molecule has 0 aromatic heterocycles. The van der Waals surface area contributed by atoms with Crippen molar-refractivity contribution in [3.63, 3.8) is 0 Å². The van der Waals surface area contributed by atoms with Gasteiger partial charge in [0.15, 0.2) is 5.60 Å². The highest BCUT2D eigenvalue weighted by Gasteiger charge is 2.44. The summed E-state index contributed by atoms with van der Waals surface area (Å²) in [7, 11) is 0. The van der Waals surface area contributed by atoms with Gasteiger partial charge in [-0.2, -0.15) is 0 Å². The van der Waals surface area contributed by atoms with Crippen molar-refractivity contribution in [2.24, 2.45) is 5.92 Å². The first-order chi connectivity index (χ1) is 10.9. The molecule has 7 nitrogen and oxygen atoms in total. The molecule has 2 N–H and O–H groups in total. The Bertz CT molecular complexity index is 507. The zero-order chi connectivity index (χ0) is 16.6. The first-order valence-electron chi connectivity index (χ1n) is 8.45. The van der Waals surface area contributed by atoms with E-state index in [1.807, 2.05) is 4.90 Å². The molecule has 2 amide bonds. The van der Waals surface area contributed by atoms with Gasteiger partial charge in [-0.3, -0.25) is 9.59 Å². The van der Waals surface area contributed by atoms with E-state index in [1.165, 1.54) is 0 Å². The fourth-order valence-electron chi connectivity index (χ4n) is 4.03. The van der Waals surface area contributed by atoms with Gasteiger partial charge in [-0.05, 0) is 12.8 Å². The van der Waals surface area contributed by atoms with E-state index >= 15 is 0 Å². The SMILES string of the molecule is O=C(C1CC(=O)N(C2CCCC2)C1)N1CCC(O)(C(=O)O)CC1. The predicted octanol–water partition coefficient (Wildman–Crippen LogP) is 0.216. The van der Waals surface area contributed by atoms with Crippen LogP contribution in [0.5, 0.6) is 0 Å². The van der Waals surface area contributed by atoms with Crippen LogP contribution in [0.1, 0.15) is 44.9 Å². The van der Waals surface area contributed by atoms with E-state index in [0.717, 1.165) is 25.7 Å². The summed E-state index contributed by atoms with van der Waals surface area (Å²) >= 11 is 0. The van der Waals surface area contributed by atoms with Gasteiger partial charge in [-0.15, -0.1) is 0 Å². The van der Waals surface area contributed by atoms with Crippen molar-refractivity contribution in [2.75, 3.05) is 19.6 Å². The molecular formula is C16H24N2O5. The van der Waals surface area contributed by atoms with Gasteiger partial charge in [0.25, 0.3) is 0 Å². The minimum absolute atomic E-state index is 0.0427. The van der Waals surface area contributed by atoms with E-state index < -0.39 is 11.6 Å². The Kier molecular flexibility index (Phi) is 4.31. The zero-order valence-corrected chi connectivity index (χ0v) is 13.2. The molecule has 0 bridgehead atoms. The van der Waals surface area contributed by atoms with Crippen molar-refractivity contribution in [1.29, 1.82) is 0 Å². The first kappa shape index (κ1) is 16.2. The molecule has 1 aliphatic carbocycles. The number of likely N-dealkylation sites (tertiary alicyclic amines) is 2. The summed E-state index contributed by atoms with van der Waals surface area (Å²) in [6.45, 7) is 0.952. The van der Waals surface area contributed by atoms with Crippen LogP contribution in [0.4, 0.5) is 0 Å². The minimum atomic E-state index is -1.72. The van der Waals surface area contributed by atoms with Crippen molar-refractivity contribution in [3.8, 4) is 0 Å². The van der Waals surface area contributed by atoms with E-state index in [-0.39, 0.29) is 50.1 Å². The number of carbonyl (C=O) groups is 3. The van der Waals surface area contributed by atoms with Crippen LogP contribution in [-0.4, -0.2) is 69.1 Å².